The van der Waals surface area contributed by atoms with Crippen molar-refractivity contribution in [2.24, 2.45) is 0 Å². The van der Waals surface area contributed by atoms with Gasteiger partial charge in [0.1, 0.15) is 17.9 Å². The van der Waals surface area contributed by atoms with E-state index in [2.05, 4.69) is 20.2 Å². The number of hydrogen-bond acceptors (Lipinski definition) is 6. The van der Waals surface area contributed by atoms with Gasteiger partial charge in [-0.3, -0.25) is 4.90 Å². The molecule has 1 aromatic heterocycles. The van der Waals surface area contributed by atoms with Gasteiger partial charge in [-0.05, 0) is 12.1 Å². The maximum atomic E-state index is 5.35. The lowest BCUT2D eigenvalue weighted by Gasteiger charge is -2.26. The molecule has 2 aromatic rings. The van der Waals surface area contributed by atoms with Crippen molar-refractivity contribution >= 4 is 16.7 Å². The van der Waals surface area contributed by atoms with Gasteiger partial charge in [-0.15, -0.1) is 0 Å². The molecule has 0 radical (unpaired) electrons. The van der Waals surface area contributed by atoms with Crippen LogP contribution in [0.1, 0.15) is 0 Å². The molecule has 1 N–H and O–H groups in total. The first kappa shape index (κ1) is 14.0. The summed E-state index contributed by atoms with van der Waals surface area (Å²) in [5, 5.41) is 4.41. The first-order valence-electron chi connectivity index (χ1n) is 7.19. The second-order valence-electron chi connectivity index (χ2n) is 4.99. The summed E-state index contributed by atoms with van der Waals surface area (Å²) in [6, 6.07) is 5.84. The van der Waals surface area contributed by atoms with Gasteiger partial charge in [0.25, 0.3) is 0 Å². The Hall–Kier alpha value is -1.92. The summed E-state index contributed by atoms with van der Waals surface area (Å²) in [6.45, 7) is 5.52. The molecule has 0 aliphatic carbocycles. The summed E-state index contributed by atoms with van der Waals surface area (Å²) < 4.78 is 10.6. The number of hydrogen-bond donors (Lipinski definition) is 1. The molecule has 6 heteroatoms. The zero-order valence-corrected chi connectivity index (χ0v) is 12.2. The van der Waals surface area contributed by atoms with Crippen LogP contribution in [-0.2, 0) is 4.74 Å². The van der Waals surface area contributed by atoms with Crippen molar-refractivity contribution in [3.63, 3.8) is 0 Å². The van der Waals surface area contributed by atoms with Crippen LogP contribution in [0, 0.1) is 0 Å². The van der Waals surface area contributed by atoms with Gasteiger partial charge in [0, 0.05) is 37.6 Å². The van der Waals surface area contributed by atoms with E-state index in [-0.39, 0.29) is 0 Å². The SMILES string of the molecule is COc1ccc2c(NCCN3CCOCC3)ncnc2c1. The second-order valence-corrected chi connectivity index (χ2v) is 4.99. The standard InChI is InChI=1S/C15H20N4O2/c1-20-12-2-3-13-14(10-12)17-11-18-15(13)16-4-5-19-6-8-21-9-7-19/h2-3,10-11H,4-9H2,1H3,(H,16,17,18). The third-order valence-electron chi connectivity index (χ3n) is 3.67. The molecule has 1 fully saturated rings. The Bertz CT molecular complexity index is 599. The van der Waals surface area contributed by atoms with Crippen LogP contribution in [0.15, 0.2) is 24.5 Å². The molecule has 6 nitrogen and oxygen atoms in total. The predicted octanol–water partition coefficient (Wildman–Crippen LogP) is 1.38. The van der Waals surface area contributed by atoms with Crippen LogP contribution in [0.5, 0.6) is 5.75 Å². The van der Waals surface area contributed by atoms with Crippen LogP contribution < -0.4 is 10.1 Å². The lowest BCUT2D eigenvalue weighted by atomic mass is 10.2. The first-order chi connectivity index (χ1) is 10.4. The Morgan fingerprint density at radius 2 is 2.14 bits per heavy atom. The van der Waals surface area contributed by atoms with E-state index in [1.807, 2.05) is 18.2 Å². The summed E-state index contributed by atoms with van der Waals surface area (Å²) in [4.78, 5) is 11.0. The van der Waals surface area contributed by atoms with Gasteiger partial charge in [0.05, 0.1) is 25.8 Å². The van der Waals surface area contributed by atoms with Crippen molar-refractivity contribution in [2.45, 2.75) is 0 Å². The minimum absolute atomic E-state index is 0.806. The van der Waals surface area contributed by atoms with E-state index in [0.717, 1.165) is 61.9 Å². The summed E-state index contributed by atoms with van der Waals surface area (Å²) in [5.41, 5.74) is 0.887. The topological polar surface area (TPSA) is 59.5 Å². The maximum Gasteiger partial charge on any atom is 0.137 e. The molecule has 3 rings (SSSR count). The van der Waals surface area contributed by atoms with Crippen molar-refractivity contribution in [3.8, 4) is 5.75 Å². The Morgan fingerprint density at radius 1 is 1.29 bits per heavy atom. The fourth-order valence-corrected chi connectivity index (χ4v) is 2.46. The zero-order valence-electron chi connectivity index (χ0n) is 12.2. The van der Waals surface area contributed by atoms with E-state index in [4.69, 9.17) is 9.47 Å². The number of nitrogens with one attached hydrogen (secondary N) is 1. The molecule has 1 aliphatic heterocycles. The number of fused-ring (bicyclic) bond motifs is 1. The number of nitrogens with zero attached hydrogens (tertiary/aromatic N) is 3. The highest BCUT2D eigenvalue weighted by Crippen LogP contribution is 2.23. The molecule has 1 aliphatic rings. The number of methoxy groups -OCH3 is 1. The fraction of sp³-hybridized carbons (Fsp3) is 0.467. The van der Waals surface area contributed by atoms with Crippen molar-refractivity contribution in [1.29, 1.82) is 0 Å². The van der Waals surface area contributed by atoms with Crippen LogP contribution in [0.25, 0.3) is 10.9 Å². The van der Waals surface area contributed by atoms with Crippen molar-refractivity contribution in [1.82, 2.24) is 14.9 Å². The van der Waals surface area contributed by atoms with Crippen LogP contribution >= 0.6 is 0 Å². The quantitative estimate of drug-likeness (QED) is 0.897. The van der Waals surface area contributed by atoms with Crippen LogP contribution in [-0.4, -0.2) is 61.4 Å². The monoisotopic (exact) mass is 288 g/mol. The average molecular weight is 288 g/mol. The first-order valence-corrected chi connectivity index (χ1v) is 7.19. The smallest absolute Gasteiger partial charge is 0.137 e. The zero-order chi connectivity index (χ0) is 14.5. The minimum atomic E-state index is 0.806. The maximum absolute atomic E-state index is 5.35. The van der Waals surface area contributed by atoms with Gasteiger partial charge in [0.15, 0.2) is 0 Å². The lowest BCUT2D eigenvalue weighted by Crippen LogP contribution is -2.39. The number of ether oxygens (including phenoxy) is 2. The molecule has 2 heterocycles. The third-order valence-corrected chi connectivity index (χ3v) is 3.67. The summed E-state index contributed by atoms with van der Waals surface area (Å²) >= 11 is 0. The molecule has 112 valence electrons. The third kappa shape index (κ3) is 3.40. The molecule has 1 saturated heterocycles. The fourth-order valence-electron chi connectivity index (χ4n) is 2.46. The summed E-state index contributed by atoms with van der Waals surface area (Å²) in [5.74, 6) is 1.68. The Balaban J connectivity index is 1.66. The van der Waals surface area contributed by atoms with Crippen molar-refractivity contribution in [3.05, 3.63) is 24.5 Å². The number of benzene rings is 1. The second kappa shape index (κ2) is 6.69. The molecule has 1 aromatic carbocycles. The van der Waals surface area contributed by atoms with Crippen molar-refractivity contribution < 1.29 is 9.47 Å². The highest BCUT2D eigenvalue weighted by molar-refractivity contribution is 5.89. The van der Waals surface area contributed by atoms with E-state index in [1.54, 1.807) is 13.4 Å². The van der Waals surface area contributed by atoms with Crippen molar-refractivity contribution in [2.75, 3.05) is 51.8 Å². The van der Waals surface area contributed by atoms with Gasteiger partial charge in [-0.2, -0.15) is 0 Å². The van der Waals surface area contributed by atoms with Crippen LogP contribution in [0.2, 0.25) is 0 Å². The van der Waals surface area contributed by atoms with Gasteiger partial charge >= 0.3 is 0 Å². The molecular weight excluding hydrogens is 268 g/mol. The van der Waals surface area contributed by atoms with Gasteiger partial charge in [-0.1, -0.05) is 0 Å². The highest BCUT2D eigenvalue weighted by atomic mass is 16.5. The van der Waals surface area contributed by atoms with Crippen LogP contribution in [0.3, 0.4) is 0 Å². The largest absolute Gasteiger partial charge is 0.497 e. The summed E-state index contributed by atoms with van der Waals surface area (Å²) in [6.07, 6.45) is 1.58. The highest BCUT2D eigenvalue weighted by Gasteiger charge is 2.10. The number of anilines is 1. The van der Waals surface area contributed by atoms with E-state index in [9.17, 15) is 0 Å². The molecule has 0 bridgehead atoms. The number of morpholine rings is 1. The number of aromatic nitrogens is 2. The Morgan fingerprint density at radius 3 is 2.95 bits per heavy atom. The normalized spacial score (nSPS) is 16.0. The van der Waals surface area contributed by atoms with Crippen LogP contribution in [0.4, 0.5) is 5.82 Å². The Kier molecular flexibility index (Phi) is 4.47. The summed E-state index contributed by atoms with van der Waals surface area (Å²) in [7, 11) is 1.66. The Labute approximate surface area is 124 Å². The minimum Gasteiger partial charge on any atom is -0.497 e. The average Bonchev–Trinajstić information content (AvgIpc) is 2.55. The number of rotatable bonds is 5. The molecule has 21 heavy (non-hydrogen) atoms. The van der Waals surface area contributed by atoms with E-state index in [1.165, 1.54) is 0 Å². The van der Waals surface area contributed by atoms with Gasteiger partial charge in [-0.25, -0.2) is 9.97 Å². The molecule has 0 amide bonds. The van der Waals surface area contributed by atoms with E-state index in [0.29, 0.717) is 0 Å². The molecular formula is C15H20N4O2. The van der Waals surface area contributed by atoms with Gasteiger partial charge in [0.2, 0.25) is 0 Å². The molecule has 0 atom stereocenters. The predicted molar refractivity (Wildman–Crippen MR) is 81.8 cm³/mol. The molecule has 0 spiro atoms. The molecule has 0 unspecified atom stereocenters. The van der Waals surface area contributed by atoms with E-state index < -0.39 is 0 Å². The molecule has 0 saturated carbocycles. The van der Waals surface area contributed by atoms with Gasteiger partial charge < -0.3 is 14.8 Å². The lowest BCUT2D eigenvalue weighted by molar-refractivity contribution is 0.0398. The van der Waals surface area contributed by atoms with E-state index >= 15 is 0 Å².